The number of carbonyl (C=O) groups is 3. The normalized spacial score (nSPS) is 10.4. The largest absolute Gasteiger partial charge is 0.469 e. The summed E-state index contributed by atoms with van der Waals surface area (Å²) in [5.74, 6) is -1.18. The molecule has 0 saturated heterocycles. The fourth-order valence-electron chi connectivity index (χ4n) is 2.91. The van der Waals surface area contributed by atoms with Crippen LogP contribution in [0.25, 0.3) is 0 Å². The molecule has 0 atom stereocenters. The van der Waals surface area contributed by atoms with Gasteiger partial charge in [0.25, 0.3) is 5.91 Å². The third-order valence-electron chi connectivity index (χ3n) is 4.36. The first-order valence-electron chi connectivity index (χ1n) is 8.56. The van der Waals surface area contributed by atoms with Gasteiger partial charge in [-0.15, -0.1) is 0 Å². The quantitative estimate of drug-likeness (QED) is 0.755. The minimum absolute atomic E-state index is 0.0810. The van der Waals surface area contributed by atoms with Crippen molar-refractivity contribution in [2.24, 2.45) is 0 Å². The molecule has 1 N–H and O–H groups in total. The van der Waals surface area contributed by atoms with Crippen molar-refractivity contribution in [3.63, 3.8) is 0 Å². The summed E-state index contributed by atoms with van der Waals surface area (Å²) in [5, 5.41) is 0. The lowest BCUT2D eigenvalue weighted by molar-refractivity contribution is -0.140. The Kier molecular flexibility index (Phi) is 6.76. The Morgan fingerprint density at radius 1 is 1.04 bits per heavy atom. The predicted molar refractivity (Wildman–Crippen MR) is 99.4 cm³/mol. The summed E-state index contributed by atoms with van der Waals surface area (Å²) in [6.07, 6.45) is 0.0810. The van der Waals surface area contributed by atoms with Gasteiger partial charge in [0, 0.05) is 18.8 Å². The SMILES string of the molecule is COC(=O)CCN(Cc1ccccc1)C(=O)c1[nH]c(C)c(C(=O)OC)c1C. The number of nitrogens with one attached hydrogen (secondary N) is 1. The Hall–Kier alpha value is -3.09. The molecule has 0 unspecified atom stereocenters. The van der Waals surface area contributed by atoms with Gasteiger partial charge in [-0.05, 0) is 25.0 Å². The molecule has 0 fully saturated rings. The highest BCUT2D eigenvalue weighted by Gasteiger charge is 2.26. The van der Waals surface area contributed by atoms with Crippen LogP contribution in [0.2, 0.25) is 0 Å². The van der Waals surface area contributed by atoms with Gasteiger partial charge in [-0.3, -0.25) is 9.59 Å². The number of H-pyrrole nitrogens is 1. The molecule has 1 amide bonds. The molecule has 0 radical (unpaired) electrons. The first-order chi connectivity index (χ1) is 12.9. The standard InChI is InChI=1S/C20H24N2O5/c1-13-17(20(25)27-4)14(2)21-18(13)19(24)22(11-10-16(23)26-3)12-15-8-6-5-7-9-15/h5-9,21H,10-12H2,1-4H3. The van der Waals surface area contributed by atoms with Crippen LogP contribution in [0.5, 0.6) is 0 Å². The molecule has 1 aromatic carbocycles. The summed E-state index contributed by atoms with van der Waals surface area (Å²) < 4.78 is 9.48. The summed E-state index contributed by atoms with van der Waals surface area (Å²) >= 11 is 0. The van der Waals surface area contributed by atoms with E-state index in [1.165, 1.54) is 14.2 Å². The molecule has 1 heterocycles. The Bertz CT molecular complexity index is 826. The third-order valence-corrected chi connectivity index (χ3v) is 4.36. The van der Waals surface area contributed by atoms with Gasteiger partial charge < -0.3 is 19.4 Å². The number of hydrogen-bond acceptors (Lipinski definition) is 5. The second-order valence-corrected chi connectivity index (χ2v) is 6.16. The van der Waals surface area contributed by atoms with E-state index in [1.807, 2.05) is 30.3 Å². The van der Waals surface area contributed by atoms with Crippen LogP contribution in [0, 0.1) is 13.8 Å². The Labute approximate surface area is 158 Å². The van der Waals surface area contributed by atoms with Crippen molar-refractivity contribution in [3.8, 4) is 0 Å². The third kappa shape index (κ3) is 4.75. The minimum Gasteiger partial charge on any atom is -0.469 e. The molecular formula is C20H24N2O5. The van der Waals surface area contributed by atoms with Gasteiger partial charge in [0.05, 0.1) is 26.2 Å². The van der Waals surface area contributed by atoms with E-state index in [-0.39, 0.29) is 18.9 Å². The van der Waals surface area contributed by atoms with Crippen LogP contribution in [0.1, 0.15) is 44.1 Å². The lowest BCUT2D eigenvalue weighted by Crippen LogP contribution is -2.33. The lowest BCUT2D eigenvalue weighted by Gasteiger charge is -2.22. The second kappa shape index (κ2) is 9.02. The van der Waals surface area contributed by atoms with Gasteiger partial charge >= 0.3 is 11.9 Å². The number of ether oxygens (including phenoxy) is 2. The molecule has 144 valence electrons. The zero-order valence-corrected chi connectivity index (χ0v) is 16.0. The summed E-state index contributed by atoms with van der Waals surface area (Å²) in [6.45, 7) is 3.95. The zero-order valence-electron chi connectivity index (χ0n) is 16.0. The summed E-state index contributed by atoms with van der Waals surface area (Å²) in [6, 6.07) is 9.48. The maximum Gasteiger partial charge on any atom is 0.339 e. The first kappa shape index (κ1) is 20.2. The molecule has 0 spiro atoms. The van der Waals surface area contributed by atoms with Gasteiger partial charge in [-0.2, -0.15) is 0 Å². The molecule has 0 aliphatic carbocycles. The molecule has 1 aromatic heterocycles. The van der Waals surface area contributed by atoms with E-state index in [0.717, 1.165) is 5.56 Å². The highest BCUT2D eigenvalue weighted by molar-refractivity contribution is 6.00. The van der Waals surface area contributed by atoms with Gasteiger partial charge in [0.15, 0.2) is 0 Å². The van der Waals surface area contributed by atoms with Crippen molar-refractivity contribution in [3.05, 3.63) is 58.4 Å². The molecule has 2 aromatic rings. The number of hydrogen-bond donors (Lipinski definition) is 1. The number of nitrogens with zero attached hydrogens (tertiary/aromatic N) is 1. The molecule has 0 bridgehead atoms. The second-order valence-electron chi connectivity index (χ2n) is 6.16. The van der Waals surface area contributed by atoms with Crippen LogP contribution in [-0.4, -0.2) is 48.5 Å². The molecule has 0 aliphatic heterocycles. The van der Waals surface area contributed by atoms with Crippen molar-refractivity contribution in [2.45, 2.75) is 26.8 Å². The van der Waals surface area contributed by atoms with E-state index < -0.39 is 11.9 Å². The van der Waals surface area contributed by atoms with Crippen LogP contribution < -0.4 is 0 Å². The van der Waals surface area contributed by atoms with E-state index in [1.54, 1.807) is 18.7 Å². The molecule has 7 nitrogen and oxygen atoms in total. The maximum absolute atomic E-state index is 13.1. The number of carbonyl (C=O) groups excluding carboxylic acids is 3. The number of methoxy groups -OCH3 is 2. The zero-order chi connectivity index (χ0) is 20.0. The average Bonchev–Trinajstić information content (AvgIpc) is 2.98. The molecule has 7 heteroatoms. The Morgan fingerprint density at radius 3 is 2.30 bits per heavy atom. The van der Waals surface area contributed by atoms with Gasteiger partial charge in [-0.25, -0.2) is 4.79 Å². The Balaban J connectivity index is 2.32. The maximum atomic E-state index is 13.1. The van der Waals surface area contributed by atoms with E-state index in [2.05, 4.69) is 9.72 Å². The molecule has 0 saturated carbocycles. The number of benzene rings is 1. The predicted octanol–water partition coefficient (Wildman–Crippen LogP) is 2.62. The van der Waals surface area contributed by atoms with E-state index >= 15 is 0 Å². The van der Waals surface area contributed by atoms with Crippen molar-refractivity contribution in [1.29, 1.82) is 0 Å². The van der Waals surface area contributed by atoms with Crippen LogP contribution in [-0.2, 0) is 20.8 Å². The highest BCUT2D eigenvalue weighted by Crippen LogP contribution is 2.21. The molecular weight excluding hydrogens is 348 g/mol. The van der Waals surface area contributed by atoms with Crippen LogP contribution >= 0.6 is 0 Å². The topological polar surface area (TPSA) is 88.7 Å². The number of esters is 2. The molecule has 0 aliphatic rings. The smallest absolute Gasteiger partial charge is 0.339 e. The molecule has 2 rings (SSSR count). The van der Waals surface area contributed by atoms with Gasteiger partial charge in [0.1, 0.15) is 5.69 Å². The monoisotopic (exact) mass is 372 g/mol. The average molecular weight is 372 g/mol. The van der Waals surface area contributed by atoms with Crippen LogP contribution in [0.3, 0.4) is 0 Å². The van der Waals surface area contributed by atoms with Crippen molar-refractivity contribution < 1.29 is 23.9 Å². The fourth-order valence-corrected chi connectivity index (χ4v) is 2.91. The van der Waals surface area contributed by atoms with Crippen LogP contribution in [0.15, 0.2) is 30.3 Å². The number of aryl methyl sites for hydroxylation is 1. The minimum atomic E-state index is -0.496. The van der Waals surface area contributed by atoms with Gasteiger partial charge in [-0.1, -0.05) is 30.3 Å². The number of amides is 1. The fraction of sp³-hybridized carbons (Fsp3) is 0.350. The number of aromatic amines is 1. The van der Waals surface area contributed by atoms with Crippen molar-refractivity contribution >= 4 is 17.8 Å². The lowest BCUT2D eigenvalue weighted by atomic mass is 10.1. The Morgan fingerprint density at radius 2 is 1.70 bits per heavy atom. The van der Waals surface area contributed by atoms with Crippen LogP contribution in [0.4, 0.5) is 0 Å². The molecule has 27 heavy (non-hydrogen) atoms. The van der Waals surface area contributed by atoms with Gasteiger partial charge in [0.2, 0.25) is 0 Å². The van der Waals surface area contributed by atoms with E-state index in [4.69, 9.17) is 4.74 Å². The first-order valence-corrected chi connectivity index (χ1v) is 8.56. The number of aromatic nitrogens is 1. The summed E-state index contributed by atoms with van der Waals surface area (Å²) in [5.41, 5.74) is 2.70. The summed E-state index contributed by atoms with van der Waals surface area (Å²) in [7, 11) is 2.61. The van der Waals surface area contributed by atoms with E-state index in [0.29, 0.717) is 29.1 Å². The van der Waals surface area contributed by atoms with Crippen molar-refractivity contribution in [2.75, 3.05) is 20.8 Å². The summed E-state index contributed by atoms with van der Waals surface area (Å²) in [4.78, 5) is 41.2. The highest BCUT2D eigenvalue weighted by atomic mass is 16.5. The van der Waals surface area contributed by atoms with Crippen molar-refractivity contribution in [1.82, 2.24) is 9.88 Å². The number of rotatable bonds is 7. The van der Waals surface area contributed by atoms with E-state index in [9.17, 15) is 14.4 Å².